The van der Waals surface area contributed by atoms with E-state index in [0.717, 1.165) is 16.3 Å². The molecule has 74 valence electrons. The minimum atomic E-state index is -3.90. The van der Waals surface area contributed by atoms with Crippen molar-refractivity contribution in [2.45, 2.75) is 44.3 Å². The Morgan fingerprint density at radius 2 is 1.75 bits per heavy atom. The van der Waals surface area contributed by atoms with Gasteiger partial charge in [0.05, 0.1) is 5.16 Å². The zero-order valence-corrected chi connectivity index (χ0v) is 11.0. The van der Waals surface area contributed by atoms with Crippen LogP contribution in [0.1, 0.15) is 33.1 Å². The van der Waals surface area contributed by atoms with Gasteiger partial charge in [0.1, 0.15) is 0 Å². The summed E-state index contributed by atoms with van der Waals surface area (Å²) in [5.74, 6) is 0. The summed E-state index contributed by atoms with van der Waals surface area (Å²) in [6, 6.07) is 0.965. The molecule has 0 heterocycles. The van der Waals surface area contributed by atoms with Crippen LogP contribution in [0.25, 0.3) is 0 Å². The van der Waals surface area contributed by atoms with Crippen molar-refractivity contribution in [3.05, 3.63) is 0 Å². The standard InChI is InChI=1S/C7H19O3PSi/c1-3-7(4-2,5-6-12)11(8,9)10/h3-6H2,1-2,12H3,(H2,8,9,10). The average Bonchev–Trinajstić information content (AvgIpc) is 1.98. The molecule has 0 aliphatic rings. The zero-order chi connectivity index (χ0) is 9.83. The predicted molar refractivity (Wildman–Crippen MR) is 54.7 cm³/mol. The van der Waals surface area contributed by atoms with Crippen LogP contribution in [-0.4, -0.2) is 25.2 Å². The molecule has 0 atom stereocenters. The molecule has 0 unspecified atom stereocenters. The highest BCUT2D eigenvalue weighted by Gasteiger charge is 2.42. The first-order valence-corrected chi connectivity index (χ1v) is 7.51. The Morgan fingerprint density at radius 3 is 1.83 bits per heavy atom. The van der Waals surface area contributed by atoms with E-state index < -0.39 is 12.8 Å². The largest absolute Gasteiger partial charge is 0.331 e. The maximum absolute atomic E-state index is 11.2. The summed E-state index contributed by atoms with van der Waals surface area (Å²) in [6.07, 6.45) is 1.84. The molecule has 0 aromatic heterocycles. The minimum absolute atomic E-state index is 0.579. The van der Waals surface area contributed by atoms with Crippen LogP contribution in [0.4, 0.5) is 0 Å². The first-order chi connectivity index (χ1) is 5.43. The molecule has 0 saturated heterocycles. The van der Waals surface area contributed by atoms with Gasteiger partial charge in [-0.15, -0.1) is 0 Å². The molecule has 0 bridgehead atoms. The van der Waals surface area contributed by atoms with Crippen LogP contribution in [-0.2, 0) is 4.57 Å². The molecule has 0 spiro atoms. The van der Waals surface area contributed by atoms with E-state index in [4.69, 9.17) is 0 Å². The molecule has 3 nitrogen and oxygen atoms in total. The van der Waals surface area contributed by atoms with Crippen molar-refractivity contribution >= 4 is 17.8 Å². The Labute approximate surface area is 77.2 Å². The maximum Gasteiger partial charge on any atom is 0.331 e. The summed E-state index contributed by atoms with van der Waals surface area (Å²) in [4.78, 5) is 18.4. The van der Waals surface area contributed by atoms with Crippen LogP contribution >= 0.6 is 7.60 Å². The van der Waals surface area contributed by atoms with Gasteiger partial charge >= 0.3 is 7.60 Å². The van der Waals surface area contributed by atoms with Gasteiger partial charge in [-0.1, -0.05) is 19.9 Å². The lowest BCUT2D eigenvalue weighted by Gasteiger charge is -2.31. The molecule has 12 heavy (non-hydrogen) atoms. The van der Waals surface area contributed by atoms with E-state index in [1.807, 2.05) is 13.8 Å². The van der Waals surface area contributed by atoms with Crippen molar-refractivity contribution in [2.24, 2.45) is 0 Å². The van der Waals surface area contributed by atoms with Crippen LogP contribution in [0, 0.1) is 0 Å². The third-order valence-corrected chi connectivity index (χ3v) is 5.24. The van der Waals surface area contributed by atoms with Gasteiger partial charge in [-0.2, -0.15) is 0 Å². The van der Waals surface area contributed by atoms with Gasteiger partial charge in [-0.3, -0.25) is 4.57 Å². The zero-order valence-electron chi connectivity index (χ0n) is 8.08. The molecule has 0 radical (unpaired) electrons. The Balaban J connectivity index is 4.70. The molecule has 0 aliphatic carbocycles. The van der Waals surface area contributed by atoms with Gasteiger partial charge in [-0.25, -0.2) is 0 Å². The summed E-state index contributed by atoms with van der Waals surface area (Å²) in [6.45, 7) is 3.72. The summed E-state index contributed by atoms with van der Waals surface area (Å²) < 4.78 is 11.2. The monoisotopic (exact) mass is 210 g/mol. The quantitative estimate of drug-likeness (QED) is 0.523. The van der Waals surface area contributed by atoms with Crippen molar-refractivity contribution < 1.29 is 14.4 Å². The van der Waals surface area contributed by atoms with Crippen LogP contribution in [0.2, 0.25) is 6.04 Å². The SMILES string of the molecule is CCC(CC)(CC[SiH3])P(=O)(O)O. The highest BCUT2D eigenvalue weighted by atomic mass is 31.2. The Hall–Kier alpha value is 0.367. The molecule has 0 rings (SSSR count). The molecule has 0 fully saturated rings. The maximum atomic E-state index is 11.2. The average molecular weight is 210 g/mol. The molecule has 0 amide bonds. The molecule has 0 aromatic carbocycles. The van der Waals surface area contributed by atoms with Crippen molar-refractivity contribution in [3.63, 3.8) is 0 Å². The lowest BCUT2D eigenvalue weighted by Crippen LogP contribution is -2.26. The fraction of sp³-hybridized carbons (Fsp3) is 1.00. The minimum Gasteiger partial charge on any atom is -0.324 e. The number of hydrogen-bond donors (Lipinski definition) is 2. The third kappa shape index (κ3) is 2.43. The van der Waals surface area contributed by atoms with E-state index in [-0.39, 0.29) is 0 Å². The Bertz CT molecular complexity index is 173. The number of rotatable bonds is 5. The van der Waals surface area contributed by atoms with Crippen molar-refractivity contribution in [1.29, 1.82) is 0 Å². The second-order valence-electron chi connectivity index (χ2n) is 3.23. The highest BCUT2D eigenvalue weighted by Crippen LogP contribution is 2.56. The topological polar surface area (TPSA) is 57.5 Å². The van der Waals surface area contributed by atoms with Crippen LogP contribution in [0.3, 0.4) is 0 Å². The van der Waals surface area contributed by atoms with Crippen LogP contribution < -0.4 is 0 Å². The second-order valence-corrected chi connectivity index (χ2v) is 6.26. The fourth-order valence-corrected chi connectivity index (χ4v) is 4.34. The van der Waals surface area contributed by atoms with Gasteiger partial charge in [0.2, 0.25) is 0 Å². The molecule has 5 heteroatoms. The number of hydrogen-bond acceptors (Lipinski definition) is 1. The van der Waals surface area contributed by atoms with E-state index in [0.29, 0.717) is 19.3 Å². The van der Waals surface area contributed by atoms with Gasteiger partial charge in [-0.05, 0) is 19.3 Å². The third-order valence-electron chi connectivity index (χ3n) is 2.65. The molecular weight excluding hydrogens is 191 g/mol. The van der Waals surface area contributed by atoms with Crippen LogP contribution in [0.15, 0.2) is 0 Å². The highest BCUT2D eigenvalue weighted by molar-refractivity contribution is 7.53. The normalized spacial score (nSPS) is 13.7. The van der Waals surface area contributed by atoms with E-state index in [9.17, 15) is 14.4 Å². The van der Waals surface area contributed by atoms with E-state index in [2.05, 4.69) is 0 Å². The molecule has 2 N–H and O–H groups in total. The summed E-state index contributed by atoms with van der Waals surface area (Å²) in [5, 5.41) is -0.727. The van der Waals surface area contributed by atoms with E-state index in [1.165, 1.54) is 0 Å². The first-order valence-electron chi connectivity index (χ1n) is 4.49. The van der Waals surface area contributed by atoms with E-state index >= 15 is 0 Å². The first kappa shape index (κ1) is 12.4. The predicted octanol–water partition coefficient (Wildman–Crippen LogP) is 0.897. The molecule has 0 aromatic rings. The van der Waals surface area contributed by atoms with Gasteiger partial charge in [0, 0.05) is 10.2 Å². The van der Waals surface area contributed by atoms with Gasteiger partial charge < -0.3 is 9.79 Å². The molecular formula is C7H19O3PSi. The summed E-state index contributed by atoms with van der Waals surface area (Å²) in [7, 11) is -2.88. The second kappa shape index (κ2) is 4.56. The Morgan fingerprint density at radius 1 is 1.33 bits per heavy atom. The van der Waals surface area contributed by atoms with Gasteiger partial charge in [0.25, 0.3) is 0 Å². The van der Waals surface area contributed by atoms with Crippen molar-refractivity contribution in [2.75, 3.05) is 0 Å². The van der Waals surface area contributed by atoms with Crippen LogP contribution in [0.5, 0.6) is 0 Å². The van der Waals surface area contributed by atoms with E-state index in [1.54, 1.807) is 0 Å². The smallest absolute Gasteiger partial charge is 0.324 e. The lowest BCUT2D eigenvalue weighted by molar-refractivity contribution is 0.309. The fourth-order valence-electron chi connectivity index (χ4n) is 1.63. The summed E-state index contributed by atoms with van der Waals surface area (Å²) in [5.41, 5.74) is 0. The molecule has 0 saturated carbocycles. The van der Waals surface area contributed by atoms with Crippen molar-refractivity contribution in [1.82, 2.24) is 0 Å². The lowest BCUT2D eigenvalue weighted by atomic mass is 9.99. The molecule has 0 aliphatic heterocycles. The van der Waals surface area contributed by atoms with Crippen molar-refractivity contribution in [3.8, 4) is 0 Å². The Kier molecular flexibility index (Phi) is 4.70. The van der Waals surface area contributed by atoms with Gasteiger partial charge in [0.15, 0.2) is 0 Å². The summed E-state index contributed by atoms with van der Waals surface area (Å²) >= 11 is 0.